The van der Waals surface area contributed by atoms with Crippen LogP contribution in [-0.2, 0) is 6.54 Å². The van der Waals surface area contributed by atoms with Gasteiger partial charge in [-0.3, -0.25) is 4.90 Å². The molecule has 1 heterocycles. The molecule has 114 valence electrons. The van der Waals surface area contributed by atoms with Crippen LogP contribution in [0.1, 0.15) is 12.5 Å². The van der Waals surface area contributed by atoms with Gasteiger partial charge in [-0.2, -0.15) is 8.78 Å². The Labute approximate surface area is 128 Å². The lowest BCUT2D eigenvalue weighted by atomic mass is 10.1. The van der Waals surface area contributed by atoms with E-state index in [0.29, 0.717) is 23.2 Å². The molecule has 0 aliphatic carbocycles. The van der Waals surface area contributed by atoms with Gasteiger partial charge in [-0.25, -0.2) is 0 Å². The first-order valence-corrected chi connectivity index (χ1v) is 6.61. The van der Waals surface area contributed by atoms with Crippen LogP contribution in [-0.4, -0.2) is 37.2 Å². The van der Waals surface area contributed by atoms with E-state index < -0.39 is 6.61 Å². The molecule has 0 saturated carbocycles. The van der Waals surface area contributed by atoms with E-state index in [9.17, 15) is 8.78 Å². The molecule has 3 nitrogen and oxygen atoms in total. The van der Waals surface area contributed by atoms with Gasteiger partial charge in [-0.15, -0.1) is 12.4 Å². The molecule has 1 N–H and O–H groups in total. The average Bonchev–Trinajstić information content (AvgIpc) is 2.32. The number of nitrogens with zero attached hydrogens (tertiary/aromatic N) is 1. The second-order valence-electron chi connectivity index (χ2n) is 4.72. The van der Waals surface area contributed by atoms with E-state index in [1.807, 2.05) is 0 Å². The minimum Gasteiger partial charge on any atom is -0.434 e. The van der Waals surface area contributed by atoms with E-state index in [-0.39, 0.29) is 18.2 Å². The van der Waals surface area contributed by atoms with Gasteiger partial charge in [0, 0.05) is 42.8 Å². The Morgan fingerprint density at radius 3 is 2.90 bits per heavy atom. The molecule has 2 rings (SSSR count). The fourth-order valence-corrected chi connectivity index (χ4v) is 2.47. The van der Waals surface area contributed by atoms with Crippen molar-refractivity contribution in [1.29, 1.82) is 0 Å². The van der Waals surface area contributed by atoms with Crippen LogP contribution in [0.2, 0.25) is 5.02 Å². The maximum Gasteiger partial charge on any atom is 0.387 e. The highest BCUT2D eigenvalue weighted by atomic mass is 35.5. The van der Waals surface area contributed by atoms with Crippen LogP contribution in [0.15, 0.2) is 18.2 Å². The van der Waals surface area contributed by atoms with Crippen molar-refractivity contribution in [2.24, 2.45) is 0 Å². The molecule has 20 heavy (non-hydrogen) atoms. The van der Waals surface area contributed by atoms with Crippen molar-refractivity contribution in [2.45, 2.75) is 26.1 Å². The summed E-state index contributed by atoms with van der Waals surface area (Å²) in [5.41, 5.74) is 0.696. The van der Waals surface area contributed by atoms with E-state index in [4.69, 9.17) is 11.6 Å². The van der Waals surface area contributed by atoms with Gasteiger partial charge in [-0.05, 0) is 25.1 Å². The third-order valence-electron chi connectivity index (χ3n) is 3.09. The summed E-state index contributed by atoms with van der Waals surface area (Å²) in [6.45, 7) is 2.50. The molecule has 1 aromatic rings. The molecule has 1 saturated heterocycles. The quantitative estimate of drug-likeness (QED) is 0.919. The Kier molecular flexibility index (Phi) is 6.95. The van der Waals surface area contributed by atoms with Crippen molar-refractivity contribution in [2.75, 3.05) is 19.6 Å². The molecule has 1 fully saturated rings. The lowest BCUT2D eigenvalue weighted by Gasteiger charge is -2.32. The number of ether oxygens (including phenoxy) is 1. The van der Waals surface area contributed by atoms with Crippen molar-refractivity contribution in [3.05, 3.63) is 28.8 Å². The lowest BCUT2D eigenvalue weighted by Crippen LogP contribution is -2.48. The number of halogens is 4. The van der Waals surface area contributed by atoms with Crippen LogP contribution < -0.4 is 10.1 Å². The molecule has 7 heteroatoms. The number of piperazine rings is 1. The van der Waals surface area contributed by atoms with Crippen molar-refractivity contribution in [1.82, 2.24) is 10.2 Å². The molecule has 0 bridgehead atoms. The van der Waals surface area contributed by atoms with Gasteiger partial charge in [-0.1, -0.05) is 11.6 Å². The Hall–Kier alpha value is -0.620. The van der Waals surface area contributed by atoms with E-state index >= 15 is 0 Å². The molecular formula is C13H18Cl2F2N2O. The zero-order chi connectivity index (χ0) is 13.8. The lowest BCUT2D eigenvalue weighted by molar-refractivity contribution is -0.0508. The summed E-state index contributed by atoms with van der Waals surface area (Å²) in [5.74, 6) is 0.200. The predicted octanol–water partition coefficient (Wildman–Crippen LogP) is 3.16. The first kappa shape index (κ1) is 17.4. The largest absolute Gasteiger partial charge is 0.434 e. The van der Waals surface area contributed by atoms with Crippen LogP contribution in [0.5, 0.6) is 5.75 Å². The monoisotopic (exact) mass is 326 g/mol. The van der Waals surface area contributed by atoms with E-state index in [1.165, 1.54) is 6.07 Å². The molecular weight excluding hydrogens is 309 g/mol. The van der Waals surface area contributed by atoms with Gasteiger partial charge < -0.3 is 10.1 Å². The summed E-state index contributed by atoms with van der Waals surface area (Å²) in [5, 5.41) is 3.86. The summed E-state index contributed by atoms with van der Waals surface area (Å²) in [6, 6.07) is 5.14. The van der Waals surface area contributed by atoms with Gasteiger partial charge in [0.25, 0.3) is 0 Å². The minimum atomic E-state index is -2.82. The Balaban J connectivity index is 0.00000200. The van der Waals surface area contributed by atoms with Crippen LogP contribution in [0.25, 0.3) is 0 Å². The molecule has 1 aliphatic heterocycles. The van der Waals surface area contributed by atoms with Gasteiger partial charge in [0.1, 0.15) is 5.75 Å². The minimum absolute atomic E-state index is 0. The number of rotatable bonds is 4. The zero-order valence-electron chi connectivity index (χ0n) is 11.1. The third kappa shape index (κ3) is 5.05. The summed E-state index contributed by atoms with van der Waals surface area (Å²) >= 11 is 5.93. The topological polar surface area (TPSA) is 24.5 Å². The Morgan fingerprint density at radius 1 is 1.50 bits per heavy atom. The maximum atomic E-state index is 12.4. The fraction of sp³-hybridized carbons (Fsp3) is 0.538. The highest BCUT2D eigenvalue weighted by molar-refractivity contribution is 6.30. The van der Waals surface area contributed by atoms with Gasteiger partial charge in [0.05, 0.1) is 0 Å². The van der Waals surface area contributed by atoms with Gasteiger partial charge in [0.15, 0.2) is 0 Å². The second-order valence-corrected chi connectivity index (χ2v) is 5.16. The van der Waals surface area contributed by atoms with Crippen molar-refractivity contribution in [3.63, 3.8) is 0 Å². The van der Waals surface area contributed by atoms with Crippen molar-refractivity contribution >= 4 is 24.0 Å². The highest BCUT2D eigenvalue weighted by Gasteiger charge is 2.18. The summed E-state index contributed by atoms with van der Waals surface area (Å²) in [6.07, 6.45) is 0. The standard InChI is InChI=1S/C13H17ClF2N2O.ClH/c1-9-7-18(5-4-17-9)8-10-6-11(14)2-3-12(10)19-13(15)16;/h2-3,6,9,13,17H,4-5,7-8H2,1H3;1H/t9-;/m0./s1. The highest BCUT2D eigenvalue weighted by Crippen LogP contribution is 2.26. The van der Waals surface area contributed by atoms with Crippen molar-refractivity contribution < 1.29 is 13.5 Å². The SMILES string of the molecule is C[C@H]1CN(Cc2cc(Cl)ccc2OC(F)F)CCN1.Cl. The maximum absolute atomic E-state index is 12.4. The van der Waals surface area contributed by atoms with Crippen molar-refractivity contribution in [3.8, 4) is 5.75 Å². The Morgan fingerprint density at radius 2 is 2.25 bits per heavy atom. The van der Waals surface area contributed by atoms with Gasteiger partial charge >= 0.3 is 6.61 Å². The zero-order valence-corrected chi connectivity index (χ0v) is 12.7. The average molecular weight is 327 g/mol. The molecule has 1 atom stereocenters. The number of benzene rings is 1. The number of nitrogens with one attached hydrogen (secondary N) is 1. The van der Waals surface area contributed by atoms with Gasteiger partial charge in [0.2, 0.25) is 0 Å². The first-order valence-electron chi connectivity index (χ1n) is 6.23. The van der Waals surface area contributed by atoms with E-state index in [2.05, 4.69) is 21.9 Å². The van der Waals surface area contributed by atoms with E-state index in [1.54, 1.807) is 12.1 Å². The number of hydrogen-bond donors (Lipinski definition) is 1. The summed E-state index contributed by atoms with van der Waals surface area (Å²) < 4.78 is 29.3. The molecule has 0 unspecified atom stereocenters. The molecule has 0 spiro atoms. The second kappa shape index (κ2) is 7.98. The van der Waals surface area contributed by atoms with Crippen LogP contribution in [0, 0.1) is 0 Å². The molecule has 0 radical (unpaired) electrons. The van der Waals surface area contributed by atoms with Crippen LogP contribution in [0.4, 0.5) is 8.78 Å². The molecule has 0 amide bonds. The number of hydrogen-bond acceptors (Lipinski definition) is 3. The van der Waals surface area contributed by atoms with Crippen LogP contribution in [0.3, 0.4) is 0 Å². The third-order valence-corrected chi connectivity index (χ3v) is 3.32. The normalized spacial score (nSPS) is 19.8. The fourth-order valence-electron chi connectivity index (χ4n) is 2.28. The molecule has 1 aromatic carbocycles. The summed E-state index contributed by atoms with van der Waals surface area (Å²) in [7, 11) is 0. The Bertz CT molecular complexity index is 435. The van der Waals surface area contributed by atoms with E-state index in [0.717, 1.165) is 19.6 Å². The first-order chi connectivity index (χ1) is 9.04. The predicted molar refractivity (Wildman–Crippen MR) is 78.1 cm³/mol. The van der Waals surface area contributed by atoms with Crippen LogP contribution >= 0.6 is 24.0 Å². The summed E-state index contributed by atoms with van der Waals surface area (Å²) in [4.78, 5) is 2.20. The molecule has 0 aromatic heterocycles. The smallest absolute Gasteiger partial charge is 0.387 e. The number of alkyl halides is 2. The molecule has 1 aliphatic rings.